The second kappa shape index (κ2) is 15.4. The Morgan fingerprint density at radius 1 is 0.750 bits per heavy atom. The number of fused-ring (bicyclic) bond motifs is 5. The second-order valence-corrected chi connectivity index (χ2v) is 18.3. The molecule has 14 nitrogen and oxygen atoms in total. The van der Waals surface area contributed by atoms with Crippen molar-refractivity contribution in [3.05, 3.63) is 0 Å². The largest absolute Gasteiger partial charge is 0.394 e. The fourth-order valence-electron chi connectivity index (χ4n) is 12.1. The fraction of sp³-hybridized carbons (Fsp3) is 1.00. The third kappa shape index (κ3) is 7.03. The molecule has 0 amide bonds. The first-order valence-corrected chi connectivity index (χ1v) is 19.7. The Labute approximate surface area is 307 Å². The summed E-state index contributed by atoms with van der Waals surface area (Å²) in [6.07, 6.45) is -8.61. The van der Waals surface area contributed by atoms with Gasteiger partial charge in [-0.1, -0.05) is 34.6 Å². The van der Waals surface area contributed by atoms with Gasteiger partial charge >= 0.3 is 0 Å². The molecule has 6 aliphatic rings. The SMILES string of the molecule is CC(C)C(CC[C@@H](C)[C@H]1C[C@@H](O)[C@@H]2[C@]1(C)CC[C@@H]1[C@@]3(C)CC[C@H](O[C@@H]4OC[C@@H](O)[C@H](O)[C@H]4O)C[C@@H]3[C@@H](O)C[C@]12O)O[C@@H]1O[C@H](CO)[C@@H](O)[C@H](O)[C@H]1O. The van der Waals surface area contributed by atoms with Gasteiger partial charge in [0.25, 0.3) is 0 Å². The minimum atomic E-state index is -1.52. The number of ether oxygens (including phenoxy) is 4. The van der Waals surface area contributed by atoms with Crippen molar-refractivity contribution in [2.45, 2.75) is 178 Å². The van der Waals surface area contributed by atoms with Gasteiger partial charge in [0.05, 0.1) is 43.2 Å². The molecule has 0 bridgehead atoms. The molecule has 2 aliphatic heterocycles. The maximum absolute atomic E-state index is 12.8. The molecule has 10 N–H and O–H groups in total. The lowest BCUT2D eigenvalue weighted by atomic mass is 9.42. The van der Waals surface area contributed by atoms with Crippen molar-refractivity contribution in [2.24, 2.45) is 46.3 Å². The quantitative estimate of drug-likeness (QED) is 0.130. The summed E-state index contributed by atoms with van der Waals surface area (Å²) < 4.78 is 23.4. The van der Waals surface area contributed by atoms with E-state index in [0.29, 0.717) is 32.1 Å². The van der Waals surface area contributed by atoms with Crippen molar-refractivity contribution in [2.75, 3.05) is 13.2 Å². The number of hydrogen-bond acceptors (Lipinski definition) is 14. The molecular weight excluding hydrogens is 680 g/mol. The molecule has 21 atom stereocenters. The van der Waals surface area contributed by atoms with Crippen molar-refractivity contribution >= 4 is 0 Å². The highest BCUT2D eigenvalue weighted by Gasteiger charge is 2.71. The highest BCUT2D eigenvalue weighted by molar-refractivity contribution is 5.20. The molecule has 0 spiro atoms. The Kier molecular flexibility index (Phi) is 12.2. The van der Waals surface area contributed by atoms with Crippen LogP contribution in [0.25, 0.3) is 0 Å². The maximum atomic E-state index is 12.8. The average molecular weight is 747 g/mol. The van der Waals surface area contributed by atoms with Crippen LogP contribution in [0.1, 0.15) is 92.4 Å². The molecule has 0 aromatic heterocycles. The summed E-state index contributed by atoms with van der Waals surface area (Å²) in [5, 5.41) is 107. The van der Waals surface area contributed by atoms with Gasteiger partial charge in [-0.15, -0.1) is 0 Å². The molecule has 2 heterocycles. The van der Waals surface area contributed by atoms with Gasteiger partial charge in [-0.2, -0.15) is 0 Å². The summed E-state index contributed by atoms with van der Waals surface area (Å²) in [4.78, 5) is 0. The number of hydrogen-bond donors (Lipinski definition) is 10. The van der Waals surface area contributed by atoms with Gasteiger partial charge in [0.2, 0.25) is 0 Å². The molecule has 0 aromatic rings. The van der Waals surface area contributed by atoms with E-state index in [4.69, 9.17) is 18.9 Å². The highest BCUT2D eigenvalue weighted by Crippen LogP contribution is 2.70. The molecule has 14 heteroatoms. The summed E-state index contributed by atoms with van der Waals surface area (Å²) in [7, 11) is 0. The Bertz CT molecular complexity index is 1210. The standard InChI is InChI=1S/C38H66O14/c1-17(2)25(51-35-32(47)30(45)29(44)26(15-39)52-35)7-6-18(3)20-13-22(40)33-37(20,5)11-9-27-36(4)10-8-19(12-21(36)23(41)14-38(27,33)48)50-34-31(46)28(43)24(42)16-49-34/h17-35,39-48H,6-16H2,1-5H3/t18-,19+,20-,21-,22-,23+,24-,25?,26-,27-,28+,29-,30+,31-,32-,33-,34+,35-,36+,37-,38+/m1/s1. The van der Waals surface area contributed by atoms with Crippen LogP contribution in [0.15, 0.2) is 0 Å². The molecule has 52 heavy (non-hydrogen) atoms. The van der Waals surface area contributed by atoms with Crippen LogP contribution in [-0.4, -0.2) is 150 Å². The lowest BCUT2D eigenvalue weighted by Gasteiger charge is -2.66. The number of rotatable bonds is 10. The number of aliphatic hydroxyl groups excluding tert-OH is 9. The van der Waals surface area contributed by atoms with E-state index in [1.165, 1.54) is 0 Å². The highest BCUT2D eigenvalue weighted by atomic mass is 16.7. The summed E-state index contributed by atoms with van der Waals surface area (Å²) in [5.41, 5.74) is -2.06. The molecule has 1 unspecified atom stereocenters. The Hall–Kier alpha value is -0.560. The molecule has 4 aliphatic carbocycles. The van der Waals surface area contributed by atoms with Crippen molar-refractivity contribution in [3.8, 4) is 0 Å². The molecule has 302 valence electrons. The lowest BCUT2D eigenvalue weighted by molar-refractivity contribution is -0.314. The van der Waals surface area contributed by atoms with E-state index in [1.54, 1.807) is 0 Å². The predicted octanol–water partition coefficient (Wildman–Crippen LogP) is -0.217. The van der Waals surface area contributed by atoms with E-state index in [1.807, 2.05) is 13.8 Å². The van der Waals surface area contributed by atoms with E-state index < -0.39 is 91.1 Å². The zero-order valence-electron chi connectivity index (χ0n) is 31.4. The first-order chi connectivity index (χ1) is 24.4. The molecular formula is C38H66O14. The van der Waals surface area contributed by atoms with Gasteiger partial charge < -0.3 is 70.0 Å². The maximum Gasteiger partial charge on any atom is 0.186 e. The Morgan fingerprint density at radius 2 is 1.42 bits per heavy atom. The van der Waals surface area contributed by atoms with Crippen molar-refractivity contribution < 1.29 is 70.0 Å². The molecule has 6 rings (SSSR count). The summed E-state index contributed by atoms with van der Waals surface area (Å²) in [5.74, 6) is -0.460. The van der Waals surface area contributed by atoms with Crippen molar-refractivity contribution in [3.63, 3.8) is 0 Å². The normalized spacial score (nSPS) is 53.5. The van der Waals surface area contributed by atoms with E-state index >= 15 is 0 Å². The number of aliphatic hydroxyl groups is 10. The van der Waals surface area contributed by atoms with Crippen LogP contribution in [0.5, 0.6) is 0 Å². The van der Waals surface area contributed by atoms with E-state index in [0.717, 1.165) is 19.3 Å². The zero-order valence-corrected chi connectivity index (χ0v) is 31.4. The van der Waals surface area contributed by atoms with E-state index in [2.05, 4.69) is 20.8 Å². The topological polar surface area (TPSA) is 239 Å². The minimum Gasteiger partial charge on any atom is -0.394 e. The van der Waals surface area contributed by atoms with Crippen molar-refractivity contribution in [1.82, 2.24) is 0 Å². The van der Waals surface area contributed by atoms with Crippen LogP contribution in [0.2, 0.25) is 0 Å². The third-order valence-electron chi connectivity index (χ3n) is 15.0. The Balaban J connectivity index is 1.12. The summed E-state index contributed by atoms with van der Waals surface area (Å²) in [6.45, 7) is 9.84. The van der Waals surface area contributed by atoms with Gasteiger partial charge in [0, 0.05) is 12.3 Å². The Morgan fingerprint density at radius 3 is 2.10 bits per heavy atom. The van der Waals surface area contributed by atoms with Crippen LogP contribution in [0.4, 0.5) is 0 Å². The van der Waals surface area contributed by atoms with Gasteiger partial charge in [0.1, 0.15) is 42.7 Å². The molecule has 2 saturated heterocycles. The van der Waals surface area contributed by atoms with Crippen molar-refractivity contribution in [1.29, 1.82) is 0 Å². The smallest absolute Gasteiger partial charge is 0.186 e. The first-order valence-electron chi connectivity index (χ1n) is 19.7. The fourth-order valence-corrected chi connectivity index (χ4v) is 12.1. The van der Waals surface area contributed by atoms with Crippen LogP contribution >= 0.6 is 0 Å². The van der Waals surface area contributed by atoms with Gasteiger partial charge in [-0.25, -0.2) is 0 Å². The van der Waals surface area contributed by atoms with E-state index in [9.17, 15) is 51.1 Å². The lowest BCUT2D eigenvalue weighted by Crippen LogP contribution is -2.68. The second-order valence-electron chi connectivity index (χ2n) is 18.3. The van der Waals surface area contributed by atoms with Gasteiger partial charge in [-0.3, -0.25) is 0 Å². The van der Waals surface area contributed by atoms with Gasteiger partial charge in [-0.05, 0) is 91.8 Å². The molecule has 0 aromatic carbocycles. The van der Waals surface area contributed by atoms with E-state index in [-0.39, 0.29) is 60.2 Å². The monoisotopic (exact) mass is 746 g/mol. The first kappa shape index (κ1) is 41.1. The van der Waals surface area contributed by atoms with Crippen LogP contribution in [-0.2, 0) is 18.9 Å². The predicted molar refractivity (Wildman–Crippen MR) is 184 cm³/mol. The molecule has 6 fully saturated rings. The molecule has 4 saturated carbocycles. The zero-order chi connectivity index (χ0) is 38.1. The van der Waals surface area contributed by atoms with Gasteiger partial charge in [0.15, 0.2) is 12.6 Å². The van der Waals surface area contributed by atoms with Crippen LogP contribution < -0.4 is 0 Å². The minimum absolute atomic E-state index is 0.0332. The third-order valence-corrected chi connectivity index (χ3v) is 15.0. The average Bonchev–Trinajstić information content (AvgIpc) is 3.37. The summed E-state index contributed by atoms with van der Waals surface area (Å²) >= 11 is 0. The molecule has 0 radical (unpaired) electrons. The summed E-state index contributed by atoms with van der Waals surface area (Å²) in [6, 6.07) is 0. The van der Waals surface area contributed by atoms with Crippen LogP contribution in [0.3, 0.4) is 0 Å². The van der Waals surface area contributed by atoms with Crippen LogP contribution in [0, 0.1) is 46.3 Å².